The van der Waals surface area contributed by atoms with Crippen LogP contribution in [0.15, 0.2) is 61.1 Å². The van der Waals surface area contributed by atoms with E-state index in [0.717, 1.165) is 27.6 Å². The minimum absolute atomic E-state index is 0.884. The third kappa shape index (κ3) is 1.43. The number of nitrogens with zero attached hydrogens (tertiary/aromatic N) is 4. The molecular formula is C15H10N4. The van der Waals surface area contributed by atoms with Crippen molar-refractivity contribution in [3.63, 3.8) is 0 Å². The molecule has 90 valence electrons. The summed E-state index contributed by atoms with van der Waals surface area (Å²) in [6.45, 7) is 0. The van der Waals surface area contributed by atoms with Gasteiger partial charge in [-0.2, -0.15) is 5.10 Å². The van der Waals surface area contributed by atoms with E-state index < -0.39 is 0 Å². The van der Waals surface area contributed by atoms with E-state index in [1.165, 1.54) is 0 Å². The smallest absolute Gasteiger partial charge is 0.121 e. The van der Waals surface area contributed by atoms with Gasteiger partial charge in [-0.25, -0.2) is 0 Å². The Balaban J connectivity index is 2.24. The molecule has 0 aliphatic heterocycles. The van der Waals surface area contributed by atoms with Crippen molar-refractivity contribution in [1.82, 2.24) is 19.7 Å². The molecular weight excluding hydrogens is 236 g/mol. The third-order valence-corrected chi connectivity index (χ3v) is 3.25. The molecule has 1 aromatic carbocycles. The Morgan fingerprint density at radius 3 is 2.58 bits per heavy atom. The lowest BCUT2D eigenvalue weighted by atomic mass is 10.3. The molecule has 0 unspecified atom stereocenters. The van der Waals surface area contributed by atoms with Crippen molar-refractivity contribution < 1.29 is 0 Å². The van der Waals surface area contributed by atoms with Gasteiger partial charge in [-0.3, -0.25) is 4.98 Å². The van der Waals surface area contributed by atoms with Crippen molar-refractivity contribution >= 4 is 21.9 Å². The fourth-order valence-corrected chi connectivity index (χ4v) is 2.45. The van der Waals surface area contributed by atoms with E-state index in [1.54, 1.807) is 12.4 Å². The van der Waals surface area contributed by atoms with Gasteiger partial charge in [0.05, 0.1) is 17.2 Å². The zero-order chi connectivity index (χ0) is 12.7. The van der Waals surface area contributed by atoms with Crippen LogP contribution in [-0.2, 0) is 0 Å². The molecule has 3 heterocycles. The molecule has 3 aromatic heterocycles. The molecule has 0 aliphatic rings. The monoisotopic (exact) mass is 246 g/mol. The predicted molar refractivity (Wildman–Crippen MR) is 74.2 cm³/mol. The van der Waals surface area contributed by atoms with Crippen LogP contribution in [0.5, 0.6) is 0 Å². The van der Waals surface area contributed by atoms with Crippen molar-refractivity contribution in [2.45, 2.75) is 0 Å². The predicted octanol–water partition coefficient (Wildman–Crippen LogP) is 2.97. The van der Waals surface area contributed by atoms with Crippen molar-refractivity contribution in [2.75, 3.05) is 0 Å². The second-order valence-electron chi connectivity index (χ2n) is 4.33. The van der Waals surface area contributed by atoms with E-state index in [-0.39, 0.29) is 0 Å². The first-order valence-corrected chi connectivity index (χ1v) is 6.06. The SMILES string of the molecule is c1ccc(-n2c3ccncc3c3nnccc32)cc1. The first-order valence-electron chi connectivity index (χ1n) is 6.06. The summed E-state index contributed by atoms with van der Waals surface area (Å²) in [6.07, 6.45) is 5.36. The Kier molecular flexibility index (Phi) is 2.08. The zero-order valence-corrected chi connectivity index (χ0v) is 10.1. The number of aromatic nitrogens is 4. The van der Waals surface area contributed by atoms with Crippen LogP contribution < -0.4 is 0 Å². The third-order valence-electron chi connectivity index (χ3n) is 3.25. The molecule has 0 atom stereocenters. The normalized spacial score (nSPS) is 11.2. The maximum absolute atomic E-state index is 4.24. The highest BCUT2D eigenvalue weighted by molar-refractivity contribution is 6.06. The average Bonchev–Trinajstić information content (AvgIpc) is 2.83. The van der Waals surface area contributed by atoms with Crippen LogP contribution in [0.1, 0.15) is 0 Å². The molecule has 4 aromatic rings. The van der Waals surface area contributed by atoms with Crippen LogP contribution in [0.25, 0.3) is 27.6 Å². The van der Waals surface area contributed by atoms with Crippen molar-refractivity contribution in [1.29, 1.82) is 0 Å². The molecule has 0 aliphatic carbocycles. The summed E-state index contributed by atoms with van der Waals surface area (Å²) in [5.74, 6) is 0. The molecule has 0 spiro atoms. The summed E-state index contributed by atoms with van der Waals surface area (Å²) < 4.78 is 2.18. The molecule has 0 fully saturated rings. The summed E-state index contributed by atoms with van der Waals surface area (Å²) in [6, 6.07) is 14.2. The number of rotatable bonds is 1. The number of benzene rings is 1. The molecule has 4 rings (SSSR count). The van der Waals surface area contributed by atoms with E-state index in [1.807, 2.05) is 36.5 Å². The Bertz CT molecular complexity index is 812. The topological polar surface area (TPSA) is 43.6 Å². The first-order chi connectivity index (χ1) is 9.45. The summed E-state index contributed by atoms with van der Waals surface area (Å²) >= 11 is 0. The fourth-order valence-electron chi connectivity index (χ4n) is 2.45. The van der Waals surface area contributed by atoms with Gasteiger partial charge < -0.3 is 4.57 Å². The van der Waals surface area contributed by atoms with Gasteiger partial charge in [-0.15, -0.1) is 5.10 Å². The van der Waals surface area contributed by atoms with Gasteiger partial charge in [0.25, 0.3) is 0 Å². The van der Waals surface area contributed by atoms with Gasteiger partial charge >= 0.3 is 0 Å². The van der Waals surface area contributed by atoms with Gasteiger partial charge in [0.2, 0.25) is 0 Å². The maximum Gasteiger partial charge on any atom is 0.121 e. The molecule has 0 radical (unpaired) electrons. The molecule has 4 heteroatoms. The Morgan fingerprint density at radius 2 is 1.68 bits per heavy atom. The van der Waals surface area contributed by atoms with Crippen LogP contribution in [0.4, 0.5) is 0 Å². The van der Waals surface area contributed by atoms with Gasteiger partial charge in [0, 0.05) is 23.5 Å². The standard InChI is InChI=1S/C15H10N4/c1-2-4-11(5-3-1)19-13-6-8-16-10-12(13)15-14(19)7-9-17-18-15/h1-10H. The number of fused-ring (bicyclic) bond motifs is 3. The lowest BCUT2D eigenvalue weighted by molar-refractivity contribution is 1.07. The molecule has 4 nitrogen and oxygen atoms in total. The van der Waals surface area contributed by atoms with Crippen molar-refractivity contribution in [3.8, 4) is 5.69 Å². The van der Waals surface area contributed by atoms with E-state index in [0.29, 0.717) is 0 Å². The second kappa shape index (κ2) is 3.88. The number of para-hydroxylation sites is 1. The zero-order valence-electron chi connectivity index (χ0n) is 10.1. The Morgan fingerprint density at radius 1 is 0.842 bits per heavy atom. The van der Waals surface area contributed by atoms with Crippen molar-refractivity contribution in [2.24, 2.45) is 0 Å². The highest BCUT2D eigenvalue weighted by Gasteiger charge is 2.12. The van der Waals surface area contributed by atoms with Gasteiger partial charge in [0.15, 0.2) is 0 Å². The lowest BCUT2D eigenvalue weighted by Crippen LogP contribution is -1.93. The van der Waals surface area contributed by atoms with Crippen LogP contribution in [0.3, 0.4) is 0 Å². The molecule has 19 heavy (non-hydrogen) atoms. The fraction of sp³-hybridized carbons (Fsp3) is 0. The summed E-state index contributed by atoms with van der Waals surface area (Å²) in [5.41, 5.74) is 4.14. The van der Waals surface area contributed by atoms with Crippen LogP contribution in [-0.4, -0.2) is 19.7 Å². The second-order valence-corrected chi connectivity index (χ2v) is 4.33. The number of hydrogen-bond donors (Lipinski definition) is 0. The molecule has 0 bridgehead atoms. The van der Waals surface area contributed by atoms with E-state index in [9.17, 15) is 0 Å². The first kappa shape index (κ1) is 10.2. The van der Waals surface area contributed by atoms with Crippen LogP contribution in [0.2, 0.25) is 0 Å². The highest BCUT2D eigenvalue weighted by atomic mass is 15.1. The van der Waals surface area contributed by atoms with Gasteiger partial charge in [-0.05, 0) is 24.3 Å². The van der Waals surface area contributed by atoms with Gasteiger partial charge in [-0.1, -0.05) is 18.2 Å². The van der Waals surface area contributed by atoms with Crippen molar-refractivity contribution in [3.05, 3.63) is 61.1 Å². The van der Waals surface area contributed by atoms with Crippen LogP contribution in [0, 0.1) is 0 Å². The van der Waals surface area contributed by atoms with E-state index >= 15 is 0 Å². The quantitative estimate of drug-likeness (QED) is 0.518. The molecule has 0 saturated heterocycles. The summed E-state index contributed by atoms with van der Waals surface area (Å²) in [7, 11) is 0. The minimum Gasteiger partial charge on any atom is -0.307 e. The minimum atomic E-state index is 0.884. The average molecular weight is 246 g/mol. The molecule has 0 N–H and O–H groups in total. The van der Waals surface area contributed by atoms with Gasteiger partial charge in [0.1, 0.15) is 5.52 Å². The Hall–Kier alpha value is -2.75. The number of hydrogen-bond acceptors (Lipinski definition) is 3. The lowest BCUT2D eigenvalue weighted by Gasteiger charge is -2.06. The highest BCUT2D eigenvalue weighted by Crippen LogP contribution is 2.28. The summed E-state index contributed by atoms with van der Waals surface area (Å²) in [5, 5.41) is 9.25. The Labute approximate surface area is 109 Å². The van der Waals surface area contributed by atoms with Crippen LogP contribution >= 0.6 is 0 Å². The van der Waals surface area contributed by atoms with E-state index in [4.69, 9.17) is 0 Å². The largest absolute Gasteiger partial charge is 0.307 e. The maximum atomic E-state index is 4.24. The summed E-state index contributed by atoms with van der Waals surface area (Å²) in [4.78, 5) is 4.19. The number of pyridine rings is 1. The molecule has 0 amide bonds. The molecule has 0 saturated carbocycles. The van der Waals surface area contributed by atoms with E-state index in [2.05, 4.69) is 31.9 Å².